The second-order valence-corrected chi connectivity index (χ2v) is 2.18. The lowest BCUT2D eigenvalue weighted by Crippen LogP contribution is -1.82. The summed E-state index contributed by atoms with van der Waals surface area (Å²) in [6.45, 7) is 4.00. The van der Waals surface area contributed by atoms with Crippen molar-refractivity contribution in [2.45, 2.75) is 13.8 Å². The van der Waals surface area contributed by atoms with Gasteiger partial charge in [-0.2, -0.15) is 0 Å². The van der Waals surface area contributed by atoms with E-state index in [0.717, 1.165) is 0 Å². The van der Waals surface area contributed by atoms with Gasteiger partial charge in [0.15, 0.2) is 0 Å². The Labute approximate surface area is 67.1 Å². The SMILES string of the molecule is CC.Cn1ccn2cccc12. The Bertz CT molecular complexity index is 317. The van der Waals surface area contributed by atoms with Gasteiger partial charge in [-0.3, -0.25) is 0 Å². The second-order valence-electron chi connectivity index (χ2n) is 2.18. The predicted molar refractivity (Wildman–Crippen MR) is 47.7 cm³/mol. The zero-order chi connectivity index (χ0) is 8.27. The Balaban J connectivity index is 0.000000281. The highest BCUT2D eigenvalue weighted by atomic mass is 15.1. The van der Waals surface area contributed by atoms with E-state index in [1.165, 1.54) is 5.65 Å². The van der Waals surface area contributed by atoms with Crippen molar-refractivity contribution >= 4 is 5.65 Å². The van der Waals surface area contributed by atoms with Crippen LogP contribution in [-0.4, -0.2) is 8.97 Å². The van der Waals surface area contributed by atoms with Crippen molar-refractivity contribution in [1.82, 2.24) is 8.97 Å². The molecule has 0 aliphatic rings. The van der Waals surface area contributed by atoms with Gasteiger partial charge < -0.3 is 8.97 Å². The number of imidazole rings is 1. The molecule has 0 amide bonds. The van der Waals surface area contributed by atoms with Gasteiger partial charge in [-0.15, -0.1) is 0 Å². The smallest absolute Gasteiger partial charge is 0.116 e. The van der Waals surface area contributed by atoms with Crippen molar-refractivity contribution < 1.29 is 0 Å². The summed E-state index contributed by atoms with van der Waals surface area (Å²) in [5.41, 5.74) is 1.23. The van der Waals surface area contributed by atoms with Crippen LogP contribution in [0.3, 0.4) is 0 Å². The molecule has 0 bridgehead atoms. The fraction of sp³-hybridized carbons (Fsp3) is 0.333. The van der Waals surface area contributed by atoms with Crippen LogP contribution in [0.5, 0.6) is 0 Å². The summed E-state index contributed by atoms with van der Waals surface area (Å²) >= 11 is 0. The average molecular weight is 150 g/mol. The van der Waals surface area contributed by atoms with Crippen LogP contribution in [0.1, 0.15) is 13.8 Å². The highest BCUT2D eigenvalue weighted by Gasteiger charge is 1.91. The number of hydrogen-bond acceptors (Lipinski definition) is 0. The summed E-state index contributed by atoms with van der Waals surface area (Å²) in [6, 6.07) is 4.12. The van der Waals surface area contributed by atoms with E-state index < -0.39 is 0 Å². The molecule has 2 aromatic heterocycles. The lowest BCUT2D eigenvalue weighted by molar-refractivity contribution is 0.959. The van der Waals surface area contributed by atoms with E-state index in [1.807, 2.05) is 45.6 Å². The third-order valence-corrected chi connectivity index (χ3v) is 1.57. The van der Waals surface area contributed by atoms with Crippen LogP contribution in [-0.2, 0) is 7.05 Å². The minimum Gasteiger partial charge on any atom is -0.336 e. The van der Waals surface area contributed by atoms with E-state index in [-0.39, 0.29) is 0 Å². The molecule has 0 fully saturated rings. The van der Waals surface area contributed by atoms with Crippen LogP contribution in [0, 0.1) is 0 Å². The van der Waals surface area contributed by atoms with Gasteiger partial charge in [0.1, 0.15) is 5.65 Å². The van der Waals surface area contributed by atoms with Crippen LogP contribution in [0.4, 0.5) is 0 Å². The van der Waals surface area contributed by atoms with Crippen molar-refractivity contribution in [3.05, 3.63) is 30.7 Å². The van der Waals surface area contributed by atoms with Gasteiger partial charge in [0.05, 0.1) is 0 Å². The summed E-state index contributed by atoms with van der Waals surface area (Å²) in [4.78, 5) is 0. The third kappa shape index (κ3) is 1.29. The Morgan fingerprint density at radius 3 is 2.45 bits per heavy atom. The van der Waals surface area contributed by atoms with Gasteiger partial charge in [-0.1, -0.05) is 13.8 Å². The summed E-state index contributed by atoms with van der Waals surface area (Å²) in [6.07, 6.45) is 6.11. The van der Waals surface area contributed by atoms with E-state index in [0.29, 0.717) is 0 Å². The summed E-state index contributed by atoms with van der Waals surface area (Å²) in [5.74, 6) is 0. The fourth-order valence-corrected chi connectivity index (χ4v) is 1.06. The Hall–Kier alpha value is -1.18. The molecule has 60 valence electrons. The number of hydrogen-bond donors (Lipinski definition) is 0. The zero-order valence-electron chi connectivity index (χ0n) is 7.28. The molecule has 0 saturated heterocycles. The Morgan fingerprint density at radius 1 is 1.09 bits per heavy atom. The highest BCUT2D eigenvalue weighted by Crippen LogP contribution is 2.02. The fourth-order valence-electron chi connectivity index (χ4n) is 1.06. The molecule has 2 heteroatoms. The topological polar surface area (TPSA) is 9.34 Å². The maximum Gasteiger partial charge on any atom is 0.116 e. The minimum absolute atomic E-state index is 1.23. The molecule has 0 aliphatic carbocycles. The first-order chi connectivity index (χ1) is 5.38. The van der Waals surface area contributed by atoms with Gasteiger partial charge in [0.2, 0.25) is 0 Å². The van der Waals surface area contributed by atoms with E-state index >= 15 is 0 Å². The number of nitrogens with zero attached hydrogens (tertiary/aromatic N) is 2. The van der Waals surface area contributed by atoms with Crippen molar-refractivity contribution in [2.75, 3.05) is 0 Å². The van der Waals surface area contributed by atoms with Gasteiger partial charge in [0.25, 0.3) is 0 Å². The quantitative estimate of drug-likeness (QED) is 0.545. The van der Waals surface area contributed by atoms with Crippen molar-refractivity contribution in [3.63, 3.8) is 0 Å². The van der Waals surface area contributed by atoms with Crippen molar-refractivity contribution in [1.29, 1.82) is 0 Å². The van der Waals surface area contributed by atoms with Crippen LogP contribution in [0.25, 0.3) is 5.65 Å². The largest absolute Gasteiger partial charge is 0.336 e. The van der Waals surface area contributed by atoms with Gasteiger partial charge >= 0.3 is 0 Å². The lowest BCUT2D eigenvalue weighted by atomic mass is 10.6. The van der Waals surface area contributed by atoms with Crippen LogP contribution in [0.2, 0.25) is 0 Å². The first-order valence-electron chi connectivity index (χ1n) is 3.96. The number of aryl methyl sites for hydroxylation is 1. The van der Waals surface area contributed by atoms with Gasteiger partial charge in [-0.05, 0) is 12.1 Å². The first-order valence-corrected chi connectivity index (χ1v) is 3.96. The van der Waals surface area contributed by atoms with Crippen molar-refractivity contribution in [3.8, 4) is 0 Å². The molecule has 0 saturated carbocycles. The molecular formula is C9H14N2. The molecule has 11 heavy (non-hydrogen) atoms. The van der Waals surface area contributed by atoms with E-state index in [2.05, 4.69) is 15.0 Å². The molecule has 0 unspecified atom stereocenters. The lowest BCUT2D eigenvalue weighted by Gasteiger charge is -1.86. The van der Waals surface area contributed by atoms with Crippen LogP contribution in [0.15, 0.2) is 30.7 Å². The maximum absolute atomic E-state index is 2.08. The molecule has 0 aromatic carbocycles. The maximum atomic E-state index is 2.08. The molecule has 0 radical (unpaired) electrons. The predicted octanol–water partition coefficient (Wildman–Crippen LogP) is 2.30. The summed E-state index contributed by atoms with van der Waals surface area (Å²) in [5, 5.41) is 0. The molecule has 2 rings (SSSR count). The van der Waals surface area contributed by atoms with Gasteiger partial charge in [0, 0.05) is 25.6 Å². The standard InChI is InChI=1S/C7H8N2.C2H6/c1-8-5-6-9-4-2-3-7(8)9;1-2/h2-6H,1H3;1-2H3. The first kappa shape index (κ1) is 7.92. The summed E-state index contributed by atoms with van der Waals surface area (Å²) < 4.78 is 4.17. The molecule has 2 aromatic rings. The second kappa shape index (κ2) is 3.28. The molecular weight excluding hydrogens is 136 g/mol. The molecule has 2 nitrogen and oxygen atoms in total. The van der Waals surface area contributed by atoms with E-state index in [1.54, 1.807) is 0 Å². The average Bonchev–Trinajstić information content (AvgIpc) is 2.60. The molecule has 0 N–H and O–H groups in total. The van der Waals surface area contributed by atoms with Gasteiger partial charge in [-0.25, -0.2) is 0 Å². The number of aromatic nitrogens is 2. The van der Waals surface area contributed by atoms with Crippen LogP contribution >= 0.6 is 0 Å². The van der Waals surface area contributed by atoms with E-state index in [4.69, 9.17) is 0 Å². The molecule has 0 aliphatic heterocycles. The highest BCUT2D eigenvalue weighted by molar-refractivity contribution is 5.40. The number of fused-ring (bicyclic) bond motifs is 1. The molecule has 0 spiro atoms. The Kier molecular flexibility index (Phi) is 2.36. The van der Waals surface area contributed by atoms with Crippen molar-refractivity contribution in [2.24, 2.45) is 7.05 Å². The molecule has 0 atom stereocenters. The number of rotatable bonds is 0. The van der Waals surface area contributed by atoms with E-state index in [9.17, 15) is 0 Å². The Morgan fingerprint density at radius 2 is 1.82 bits per heavy atom. The summed E-state index contributed by atoms with van der Waals surface area (Å²) in [7, 11) is 2.04. The third-order valence-electron chi connectivity index (χ3n) is 1.57. The zero-order valence-corrected chi connectivity index (χ0v) is 7.28. The van der Waals surface area contributed by atoms with Crippen LogP contribution < -0.4 is 0 Å². The monoisotopic (exact) mass is 150 g/mol. The normalized spacial score (nSPS) is 9.36. The molecule has 2 heterocycles. The minimum atomic E-state index is 1.23.